The minimum Gasteiger partial charge on any atom is -0.384 e. The van der Waals surface area contributed by atoms with Gasteiger partial charge in [-0.1, -0.05) is 49.2 Å². The first-order chi connectivity index (χ1) is 26.1. The van der Waals surface area contributed by atoms with Crippen LogP contribution in [0.2, 0.25) is 10.0 Å². The van der Waals surface area contributed by atoms with Crippen molar-refractivity contribution in [1.82, 2.24) is 20.6 Å². The van der Waals surface area contributed by atoms with Gasteiger partial charge in [0.2, 0.25) is 11.8 Å². The van der Waals surface area contributed by atoms with Gasteiger partial charge >= 0.3 is 0 Å². The van der Waals surface area contributed by atoms with E-state index >= 15 is 8.78 Å². The van der Waals surface area contributed by atoms with E-state index in [1.54, 1.807) is 27.7 Å². The third-order valence-corrected chi connectivity index (χ3v) is 9.35. The van der Waals surface area contributed by atoms with Crippen molar-refractivity contribution in [3.8, 4) is 0 Å². The number of hydrogen-bond donors (Lipinski definition) is 6. The number of ketones is 2. The standard InChI is InChI=1S/2C20H24ClFN4O2/c2*1-4-14(26-20(2,3)9-16(24)27)12-6-7-13(21)17(18(12)22)19(28)11-5-8-15(23)25-10-11/h2*5-8,10,14,26H,4,9H2,1-3H3,(H2,23,25)(H2,24,27)/t2*14-/m10/s1. The Hall–Kier alpha value is -5.02. The number of nitrogens with two attached hydrogens (primary N) is 4. The lowest BCUT2D eigenvalue weighted by atomic mass is 9.93. The van der Waals surface area contributed by atoms with Gasteiger partial charge in [0.05, 0.1) is 21.2 Å². The summed E-state index contributed by atoms with van der Waals surface area (Å²) < 4.78 is 30.7. The van der Waals surface area contributed by atoms with E-state index in [1.807, 2.05) is 13.8 Å². The third kappa shape index (κ3) is 12.0. The number of hydrogen-bond acceptors (Lipinski definition) is 10. The molecule has 2 aromatic carbocycles. The van der Waals surface area contributed by atoms with Crippen molar-refractivity contribution < 1.29 is 28.0 Å². The Balaban J connectivity index is 0.000000300. The maximum absolute atomic E-state index is 15.3. The molecule has 0 saturated carbocycles. The van der Waals surface area contributed by atoms with E-state index in [0.29, 0.717) is 12.8 Å². The third-order valence-electron chi connectivity index (χ3n) is 8.72. The number of rotatable bonds is 16. The molecule has 0 saturated heterocycles. The van der Waals surface area contributed by atoms with Crippen LogP contribution in [0, 0.1) is 11.6 Å². The number of nitrogen functional groups attached to an aromatic ring is 2. The average molecular weight is 814 g/mol. The van der Waals surface area contributed by atoms with E-state index in [-0.39, 0.29) is 67.9 Å². The van der Waals surface area contributed by atoms with E-state index in [1.165, 1.54) is 60.9 Å². The summed E-state index contributed by atoms with van der Waals surface area (Å²) in [4.78, 5) is 55.9. The van der Waals surface area contributed by atoms with E-state index in [0.717, 1.165) is 0 Å². The summed E-state index contributed by atoms with van der Waals surface area (Å²) in [7, 11) is 0. The minimum absolute atomic E-state index is 0.00863. The molecule has 0 radical (unpaired) electrons. The van der Waals surface area contributed by atoms with Crippen molar-refractivity contribution in [2.24, 2.45) is 11.5 Å². The van der Waals surface area contributed by atoms with Crippen molar-refractivity contribution in [2.75, 3.05) is 11.5 Å². The first-order valence-corrected chi connectivity index (χ1v) is 18.5. The van der Waals surface area contributed by atoms with E-state index < -0.39 is 58.2 Å². The molecule has 0 aliphatic heterocycles. The fourth-order valence-electron chi connectivity index (χ4n) is 6.18. The molecule has 4 rings (SSSR count). The van der Waals surface area contributed by atoms with Gasteiger partial charge < -0.3 is 33.6 Å². The normalized spacial score (nSPS) is 12.6. The molecule has 2 heterocycles. The molecule has 56 heavy (non-hydrogen) atoms. The Bertz CT molecular complexity index is 1920. The lowest BCUT2D eigenvalue weighted by molar-refractivity contribution is -0.120. The molecule has 0 spiro atoms. The zero-order valence-corrected chi connectivity index (χ0v) is 33.6. The summed E-state index contributed by atoms with van der Waals surface area (Å²) >= 11 is 12.3. The van der Waals surface area contributed by atoms with Gasteiger partial charge in [0.15, 0.2) is 11.6 Å². The number of carbonyl (C=O) groups excluding carboxylic acids is 4. The number of nitrogens with zero attached hydrogens (tertiary/aromatic N) is 2. The molecular formula is C40H48Cl2F2N8O4. The second-order valence-electron chi connectivity index (χ2n) is 14.5. The molecule has 2 aromatic heterocycles. The zero-order valence-electron chi connectivity index (χ0n) is 32.1. The molecular weight excluding hydrogens is 765 g/mol. The Morgan fingerprint density at radius 2 is 0.982 bits per heavy atom. The second kappa shape index (κ2) is 19.2. The summed E-state index contributed by atoms with van der Waals surface area (Å²) in [5.74, 6) is -2.99. The second-order valence-corrected chi connectivity index (χ2v) is 15.3. The van der Waals surface area contributed by atoms with Gasteiger partial charge in [-0.05, 0) is 76.9 Å². The quantitative estimate of drug-likeness (QED) is 0.0652. The van der Waals surface area contributed by atoms with E-state index in [9.17, 15) is 19.2 Å². The molecule has 16 heteroatoms. The van der Waals surface area contributed by atoms with Crippen LogP contribution in [0.15, 0.2) is 60.9 Å². The SMILES string of the molecule is CC[C@@H](NC(C)(C)CC(N)=O)c1ccc(Cl)c(C(=O)c2ccc(N)nc2)c1F.CC[C@H](NC(C)(C)CC(N)=O)c1ccc(Cl)c(C(=O)c2ccc(N)nc2)c1F. The summed E-state index contributed by atoms with van der Waals surface area (Å²) in [6.45, 7) is 11.0. The fraction of sp³-hybridized carbons (Fsp3) is 0.350. The molecule has 0 fully saturated rings. The van der Waals surface area contributed by atoms with Gasteiger partial charge in [0.25, 0.3) is 0 Å². The first kappa shape index (κ1) is 45.4. The van der Waals surface area contributed by atoms with Crippen molar-refractivity contribution in [2.45, 2.75) is 90.4 Å². The van der Waals surface area contributed by atoms with Crippen LogP contribution in [0.3, 0.4) is 0 Å². The monoisotopic (exact) mass is 812 g/mol. The van der Waals surface area contributed by atoms with Crippen molar-refractivity contribution in [1.29, 1.82) is 0 Å². The fourth-order valence-corrected chi connectivity index (χ4v) is 6.64. The van der Waals surface area contributed by atoms with Crippen molar-refractivity contribution in [3.63, 3.8) is 0 Å². The maximum Gasteiger partial charge on any atom is 0.219 e. The molecule has 12 nitrogen and oxygen atoms in total. The van der Waals surface area contributed by atoms with Crippen LogP contribution in [0.5, 0.6) is 0 Å². The van der Waals surface area contributed by atoms with Crippen LogP contribution in [-0.4, -0.2) is 44.4 Å². The summed E-state index contributed by atoms with van der Waals surface area (Å²) in [5, 5.41) is 6.50. The highest BCUT2D eigenvalue weighted by atomic mass is 35.5. The summed E-state index contributed by atoms with van der Waals surface area (Å²) in [6, 6.07) is 11.0. The van der Waals surface area contributed by atoms with Gasteiger partial charge in [-0.15, -0.1) is 0 Å². The first-order valence-electron chi connectivity index (χ1n) is 17.7. The number of aromatic nitrogens is 2. The Morgan fingerprint density at radius 1 is 0.643 bits per heavy atom. The smallest absolute Gasteiger partial charge is 0.219 e. The van der Waals surface area contributed by atoms with E-state index in [4.69, 9.17) is 46.1 Å². The lowest BCUT2D eigenvalue weighted by Gasteiger charge is -2.31. The number of halogens is 4. The Kier molecular flexibility index (Phi) is 15.6. The molecule has 0 aliphatic rings. The largest absolute Gasteiger partial charge is 0.384 e. The highest BCUT2D eigenvalue weighted by molar-refractivity contribution is 6.35. The molecule has 2 atom stereocenters. The molecule has 4 aromatic rings. The predicted molar refractivity (Wildman–Crippen MR) is 215 cm³/mol. The van der Waals surface area contributed by atoms with E-state index in [2.05, 4.69) is 20.6 Å². The number of pyridine rings is 2. The zero-order chi connectivity index (χ0) is 42.1. The van der Waals surface area contributed by atoms with Crippen LogP contribution in [0.4, 0.5) is 20.4 Å². The summed E-state index contributed by atoms with van der Waals surface area (Å²) in [5.41, 5.74) is 20.9. The van der Waals surface area contributed by atoms with Crippen LogP contribution < -0.4 is 33.6 Å². The van der Waals surface area contributed by atoms with Crippen molar-refractivity contribution >= 4 is 58.2 Å². The molecule has 2 amide bonds. The number of amides is 2. The van der Waals surface area contributed by atoms with Gasteiger partial charge in [-0.25, -0.2) is 18.7 Å². The van der Waals surface area contributed by atoms with Gasteiger partial charge in [0, 0.05) is 70.7 Å². The number of carbonyl (C=O) groups is 4. The highest BCUT2D eigenvalue weighted by Crippen LogP contribution is 2.33. The van der Waals surface area contributed by atoms with Gasteiger partial charge in [-0.3, -0.25) is 19.2 Å². The van der Waals surface area contributed by atoms with Gasteiger partial charge in [-0.2, -0.15) is 0 Å². The maximum atomic E-state index is 15.3. The molecule has 0 bridgehead atoms. The molecule has 0 unspecified atom stereocenters. The number of primary amides is 2. The average Bonchev–Trinajstić information content (AvgIpc) is 3.10. The minimum atomic E-state index is -0.705. The summed E-state index contributed by atoms with van der Waals surface area (Å²) in [6.07, 6.45) is 3.79. The van der Waals surface area contributed by atoms with Crippen LogP contribution >= 0.6 is 23.2 Å². The van der Waals surface area contributed by atoms with Gasteiger partial charge in [0.1, 0.15) is 23.3 Å². The molecule has 0 aliphatic carbocycles. The number of anilines is 2. The van der Waals surface area contributed by atoms with Crippen LogP contribution in [0.1, 0.15) is 122 Å². The Labute approximate surface area is 335 Å². The topological polar surface area (TPSA) is 222 Å². The highest BCUT2D eigenvalue weighted by Gasteiger charge is 2.30. The molecule has 10 N–H and O–H groups in total. The molecule has 300 valence electrons. The number of benzene rings is 2. The predicted octanol–water partition coefficient (Wildman–Crippen LogP) is 6.76. The Morgan fingerprint density at radius 3 is 1.25 bits per heavy atom. The van der Waals surface area contributed by atoms with Crippen LogP contribution in [0.25, 0.3) is 0 Å². The van der Waals surface area contributed by atoms with Crippen molar-refractivity contribution in [3.05, 3.63) is 116 Å². The number of nitrogens with one attached hydrogen (secondary N) is 2. The lowest BCUT2D eigenvalue weighted by Crippen LogP contribution is -2.44. The van der Waals surface area contributed by atoms with Crippen LogP contribution in [-0.2, 0) is 9.59 Å².